The van der Waals surface area contributed by atoms with E-state index in [4.69, 9.17) is 4.74 Å². The van der Waals surface area contributed by atoms with E-state index in [1.54, 1.807) is 42.5 Å². The third-order valence-corrected chi connectivity index (χ3v) is 4.26. The molecular formula is C18H15NO4S. The highest BCUT2D eigenvalue weighted by atomic mass is 32.2. The Labute approximate surface area is 143 Å². The number of amides is 2. The number of anilines is 1. The van der Waals surface area contributed by atoms with E-state index >= 15 is 0 Å². The second kappa shape index (κ2) is 6.80. The first kappa shape index (κ1) is 16.1. The van der Waals surface area contributed by atoms with Gasteiger partial charge in [-0.05, 0) is 54.6 Å². The van der Waals surface area contributed by atoms with Gasteiger partial charge in [-0.25, -0.2) is 4.90 Å². The molecule has 2 aromatic rings. The van der Waals surface area contributed by atoms with Crippen molar-refractivity contribution in [3.8, 4) is 11.5 Å². The van der Waals surface area contributed by atoms with Crippen molar-refractivity contribution in [1.82, 2.24) is 0 Å². The lowest BCUT2D eigenvalue weighted by atomic mass is 10.2. The third-order valence-electron chi connectivity index (χ3n) is 3.39. The zero-order valence-corrected chi connectivity index (χ0v) is 13.7. The van der Waals surface area contributed by atoms with Crippen LogP contribution in [0.1, 0.15) is 12.5 Å². The number of hydrogen-bond donors (Lipinski definition) is 1. The van der Waals surface area contributed by atoms with Crippen molar-refractivity contribution in [3.05, 3.63) is 59.0 Å². The number of thioether (sulfide) groups is 1. The molecule has 6 heteroatoms. The van der Waals surface area contributed by atoms with E-state index < -0.39 is 0 Å². The second-order valence-corrected chi connectivity index (χ2v) is 6.01. The summed E-state index contributed by atoms with van der Waals surface area (Å²) in [4.78, 5) is 26.2. The van der Waals surface area contributed by atoms with E-state index in [-0.39, 0.29) is 16.9 Å². The molecule has 2 amide bonds. The normalized spacial score (nSPS) is 16.0. The van der Waals surface area contributed by atoms with Gasteiger partial charge in [0.25, 0.3) is 11.1 Å². The molecule has 0 unspecified atom stereocenters. The number of carbonyl (C=O) groups is 2. The van der Waals surface area contributed by atoms with Gasteiger partial charge in [0.15, 0.2) is 11.5 Å². The van der Waals surface area contributed by atoms with Crippen LogP contribution in [0.5, 0.6) is 11.5 Å². The standard InChI is InChI=1S/C18H15NO4S/c1-2-23-15-10-12(8-9-14(15)20)11-16-17(21)19(18(22)24-16)13-6-4-3-5-7-13/h3-11,20H,2H2,1H3/b16-11+. The van der Waals surface area contributed by atoms with Crippen LogP contribution in [0.3, 0.4) is 0 Å². The van der Waals surface area contributed by atoms with Crippen molar-refractivity contribution in [1.29, 1.82) is 0 Å². The van der Waals surface area contributed by atoms with E-state index in [9.17, 15) is 14.7 Å². The number of phenols is 1. The first-order chi connectivity index (χ1) is 11.6. The molecule has 3 rings (SSSR count). The maximum absolute atomic E-state index is 12.5. The number of phenolic OH excluding ortho intramolecular Hbond substituents is 1. The number of para-hydroxylation sites is 1. The first-order valence-electron chi connectivity index (χ1n) is 7.39. The van der Waals surface area contributed by atoms with Gasteiger partial charge in [0.05, 0.1) is 17.2 Å². The molecular weight excluding hydrogens is 326 g/mol. The molecule has 1 heterocycles. The van der Waals surface area contributed by atoms with E-state index in [1.165, 1.54) is 6.07 Å². The van der Waals surface area contributed by atoms with Crippen LogP contribution >= 0.6 is 11.8 Å². The van der Waals surface area contributed by atoms with Gasteiger partial charge in [0.2, 0.25) is 0 Å². The molecule has 0 atom stereocenters. The predicted octanol–water partition coefficient (Wildman–Crippen LogP) is 4.03. The van der Waals surface area contributed by atoms with Crippen LogP contribution in [0.15, 0.2) is 53.4 Å². The number of aromatic hydroxyl groups is 1. The topological polar surface area (TPSA) is 66.8 Å². The van der Waals surface area contributed by atoms with Gasteiger partial charge in [0.1, 0.15) is 0 Å². The predicted molar refractivity (Wildman–Crippen MR) is 94.2 cm³/mol. The summed E-state index contributed by atoms with van der Waals surface area (Å²) in [7, 11) is 0. The highest BCUT2D eigenvalue weighted by Gasteiger charge is 2.36. The summed E-state index contributed by atoms with van der Waals surface area (Å²) in [6.45, 7) is 2.23. The van der Waals surface area contributed by atoms with E-state index in [0.717, 1.165) is 16.7 Å². The lowest BCUT2D eigenvalue weighted by molar-refractivity contribution is -0.113. The summed E-state index contributed by atoms with van der Waals surface area (Å²) in [6.07, 6.45) is 1.62. The van der Waals surface area contributed by atoms with E-state index in [2.05, 4.69) is 0 Å². The molecule has 1 aliphatic rings. The van der Waals surface area contributed by atoms with Crippen LogP contribution in [0, 0.1) is 0 Å². The van der Waals surface area contributed by atoms with Gasteiger partial charge in [-0.3, -0.25) is 9.59 Å². The Morgan fingerprint density at radius 1 is 1.17 bits per heavy atom. The van der Waals surface area contributed by atoms with Gasteiger partial charge in [0, 0.05) is 0 Å². The van der Waals surface area contributed by atoms with Crippen LogP contribution in [-0.2, 0) is 4.79 Å². The number of rotatable bonds is 4. The molecule has 0 radical (unpaired) electrons. The fourth-order valence-corrected chi connectivity index (χ4v) is 3.15. The summed E-state index contributed by atoms with van der Waals surface area (Å²) in [5, 5.41) is 9.40. The largest absolute Gasteiger partial charge is 0.504 e. The number of hydrogen-bond acceptors (Lipinski definition) is 5. The molecule has 0 spiro atoms. The summed E-state index contributed by atoms with van der Waals surface area (Å²) >= 11 is 0.890. The highest BCUT2D eigenvalue weighted by molar-refractivity contribution is 8.19. The minimum absolute atomic E-state index is 0.0337. The summed E-state index contributed by atoms with van der Waals surface area (Å²) < 4.78 is 5.33. The van der Waals surface area contributed by atoms with Gasteiger partial charge in [-0.1, -0.05) is 24.3 Å². The van der Waals surface area contributed by atoms with Crippen molar-refractivity contribution >= 4 is 34.7 Å². The molecule has 1 aliphatic heterocycles. The van der Waals surface area contributed by atoms with Gasteiger partial charge in [-0.15, -0.1) is 0 Å². The number of imide groups is 1. The molecule has 2 aromatic carbocycles. The van der Waals surface area contributed by atoms with Crippen LogP contribution in [-0.4, -0.2) is 22.9 Å². The van der Waals surface area contributed by atoms with E-state index in [0.29, 0.717) is 28.5 Å². The summed E-state index contributed by atoms with van der Waals surface area (Å²) in [5.74, 6) is 0.0159. The average Bonchev–Trinajstić information content (AvgIpc) is 2.85. The summed E-state index contributed by atoms with van der Waals surface area (Å²) in [6, 6.07) is 13.6. The van der Waals surface area contributed by atoms with Crippen LogP contribution in [0.25, 0.3) is 6.08 Å². The molecule has 1 fully saturated rings. The fraction of sp³-hybridized carbons (Fsp3) is 0.111. The Kier molecular flexibility index (Phi) is 4.57. The fourth-order valence-electron chi connectivity index (χ4n) is 2.31. The van der Waals surface area contributed by atoms with Crippen molar-refractivity contribution in [3.63, 3.8) is 0 Å². The van der Waals surface area contributed by atoms with Crippen LogP contribution < -0.4 is 9.64 Å². The van der Waals surface area contributed by atoms with Gasteiger partial charge in [-0.2, -0.15) is 0 Å². The third kappa shape index (κ3) is 3.14. The molecule has 1 saturated heterocycles. The monoisotopic (exact) mass is 341 g/mol. The lowest BCUT2D eigenvalue weighted by Crippen LogP contribution is -2.27. The van der Waals surface area contributed by atoms with Crippen LogP contribution in [0.4, 0.5) is 10.5 Å². The minimum Gasteiger partial charge on any atom is -0.504 e. The zero-order valence-electron chi connectivity index (χ0n) is 12.9. The number of benzene rings is 2. The van der Waals surface area contributed by atoms with Crippen molar-refractivity contribution < 1.29 is 19.4 Å². The molecule has 122 valence electrons. The molecule has 24 heavy (non-hydrogen) atoms. The molecule has 5 nitrogen and oxygen atoms in total. The lowest BCUT2D eigenvalue weighted by Gasteiger charge is -2.11. The number of ether oxygens (including phenoxy) is 1. The summed E-state index contributed by atoms with van der Waals surface area (Å²) in [5.41, 5.74) is 1.22. The van der Waals surface area contributed by atoms with Crippen molar-refractivity contribution in [2.45, 2.75) is 6.92 Å². The quantitative estimate of drug-likeness (QED) is 0.851. The molecule has 0 saturated carbocycles. The van der Waals surface area contributed by atoms with Crippen molar-refractivity contribution in [2.24, 2.45) is 0 Å². The first-order valence-corrected chi connectivity index (χ1v) is 8.20. The van der Waals surface area contributed by atoms with Crippen LogP contribution in [0.2, 0.25) is 0 Å². The SMILES string of the molecule is CCOc1cc(/C=C2/SC(=O)N(c3ccccc3)C2=O)ccc1O. The minimum atomic E-state index is -0.359. The molecule has 0 bridgehead atoms. The Morgan fingerprint density at radius 2 is 1.92 bits per heavy atom. The smallest absolute Gasteiger partial charge is 0.298 e. The molecule has 0 aliphatic carbocycles. The van der Waals surface area contributed by atoms with Gasteiger partial charge >= 0.3 is 0 Å². The molecule has 0 aromatic heterocycles. The Hall–Kier alpha value is -2.73. The highest BCUT2D eigenvalue weighted by Crippen LogP contribution is 2.36. The van der Waals surface area contributed by atoms with Gasteiger partial charge < -0.3 is 9.84 Å². The number of carbonyl (C=O) groups excluding carboxylic acids is 2. The van der Waals surface area contributed by atoms with E-state index in [1.807, 2.05) is 13.0 Å². The Bertz CT molecular complexity index is 817. The average molecular weight is 341 g/mol. The maximum Gasteiger partial charge on any atom is 0.298 e. The Balaban J connectivity index is 1.91. The second-order valence-electron chi connectivity index (χ2n) is 5.01. The zero-order chi connectivity index (χ0) is 17.1. The maximum atomic E-state index is 12.5. The Morgan fingerprint density at radius 3 is 2.62 bits per heavy atom. The molecule has 1 N–H and O–H groups in total. The number of nitrogens with zero attached hydrogens (tertiary/aromatic N) is 1. The van der Waals surface area contributed by atoms with Crippen molar-refractivity contribution in [2.75, 3.05) is 11.5 Å².